The maximum Gasteiger partial charge on any atom is 0.240 e. The standard InChI is InChI=1S/C14H20N2O3/c1-18-7-8-19-12-4-2-3-11(9-12)10-16-13(17)14(15)5-6-14/h2-4,9H,5-8,10,15H2,1H3,(H,16,17). The molecule has 3 N–H and O–H groups in total. The predicted octanol–water partition coefficient (Wildman–Crippen LogP) is 0.819. The molecule has 0 bridgehead atoms. The van der Waals surface area contributed by atoms with E-state index in [0.29, 0.717) is 19.8 Å². The van der Waals surface area contributed by atoms with Crippen LogP contribution in [0.25, 0.3) is 0 Å². The molecule has 1 saturated carbocycles. The summed E-state index contributed by atoms with van der Waals surface area (Å²) in [5, 5.41) is 2.85. The highest BCUT2D eigenvalue weighted by molar-refractivity contribution is 5.88. The molecule has 1 aliphatic carbocycles. The van der Waals surface area contributed by atoms with E-state index < -0.39 is 5.54 Å². The van der Waals surface area contributed by atoms with Crippen LogP contribution in [-0.2, 0) is 16.1 Å². The fraction of sp³-hybridized carbons (Fsp3) is 0.500. The number of benzene rings is 1. The van der Waals surface area contributed by atoms with Gasteiger partial charge in [-0.05, 0) is 30.5 Å². The van der Waals surface area contributed by atoms with Gasteiger partial charge in [0, 0.05) is 13.7 Å². The molecule has 5 nitrogen and oxygen atoms in total. The summed E-state index contributed by atoms with van der Waals surface area (Å²) in [7, 11) is 1.63. The van der Waals surface area contributed by atoms with Crippen molar-refractivity contribution in [3.63, 3.8) is 0 Å². The molecule has 0 aliphatic heterocycles. The predicted molar refractivity (Wildman–Crippen MR) is 71.8 cm³/mol. The van der Waals surface area contributed by atoms with Crippen LogP contribution in [0.5, 0.6) is 5.75 Å². The third kappa shape index (κ3) is 3.94. The number of nitrogens with two attached hydrogens (primary N) is 1. The number of carbonyl (C=O) groups excluding carboxylic acids is 1. The number of nitrogens with one attached hydrogen (secondary N) is 1. The maximum atomic E-state index is 11.7. The molecule has 1 amide bonds. The average Bonchev–Trinajstić information content (AvgIpc) is 3.16. The van der Waals surface area contributed by atoms with Gasteiger partial charge in [-0.3, -0.25) is 4.79 Å². The molecule has 1 fully saturated rings. The van der Waals surface area contributed by atoms with Gasteiger partial charge in [0.15, 0.2) is 0 Å². The molecule has 0 radical (unpaired) electrons. The minimum Gasteiger partial charge on any atom is -0.491 e. The zero-order valence-corrected chi connectivity index (χ0v) is 11.1. The number of amides is 1. The van der Waals surface area contributed by atoms with Crippen molar-refractivity contribution < 1.29 is 14.3 Å². The molecule has 2 rings (SSSR count). The molecule has 1 aliphatic rings. The quantitative estimate of drug-likeness (QED) is 0.715. The summed E-state index contributed by atoms with van der Waals surface area (Å²) in [6, 6.07) is 7.64. The van der Waals surface area contributed by atoms with Crippen LogP contribution in [0.2, 0.25) is 0 Å². The van der Waals surface area contributed by atoms with Gasteiger partial charge in [-0.1, -0.05) is 12.1 Å². The van der Waals surface area contributed by atoms with Gasteiger partial charge < -0.3 is 20.5 Å². The van der Waals surface area contributed by atoms with Crippen LogP contribution in [0.3, 0.4) is 0 Å². The molecule has 5 heteroatoms. The molecule has 1 aromatic rings. The second-order valence-corrected chi connectivity index (χ2v) is 4.83. The van der Waals surface area contributed by atoms with Crippen molar-refractivity contribution in [2.75, 3.05) is 20.3 Å². The Morgan fingerprint density at radius 3 is 2.89 bits per heavy atom. The summed E-state index contributed by atoms with van der Waals surface area (Å²) in [4.78, 5) is 11.7. The van der Waals surface area contributed by atoms with Crippen LogP contribution < -0.4 is 15.8 Å². The Morgan fingerprint density at radius 1 is 1.42 bits per heavy atom. The fourth-order valence-electron chi connectivity index (χ4n) is 1.71. The average molecular weight is 264 g/mol. The molecule has 0 aromatic heterocycles. The van der Waals surface area contributed by atoms with E-state index in [4.69, 9.17) is 15.2 Å². The molecule has 0 spiro atoms. The minimum absolute atomic E-state index is 0.0711. The Bertz CT molecular complexity index is 444. The van der Waals surface area contributed by atoms with Crippen LogP contribution in [-0.4, -0.2) is 31.8 Å². The highest BCUT2D eigenvalue weighted by Crippen LogP contribution is 2.32. The Labute approximate surface area is 113 Å². The normalized spacial score (nSPS) is 15.9. The molecule has 19 heavy (non-hydrogen) atoms. The summed E-state index contributed by atoms with van der Waals surface area (Å²) < 4.78 is 10.4. The number of rotatable bonds is 7. The zero-order valence-electron chi connectivity index (χ0n) is 11.1. The number of carbonyl (C=O) groups is 1. The van der Waals surface area contributed by atoms with Gasteiger partial charge in [-0.25, -0.2) is 0 Å². The third-order valence-electron chi connectivity index (χ3n) is 3.15. The van der Waals surface area contributed by atoms with Crippen LogP contribution in [0.4, 0.5) is 0 Å². The van der Waals surface area contributed by atoms with E-state index in [1.54, 1.807) is 7.11 Å². The number of hydrogen-bond donors (Lipinski definition) is 2. The molecule has 0 heterocycles. The topological polar surface area (TPSA) is 73.6 Å². The zero-order chi connectivity index (χ0) is 13.7. The van der Waals surface area contributed by atoms with E-state index >= 15 is 0 Å². The van der Waals surface area contributed by atoms with E-state index in [-0.39, 0.29) is 5.91 Å². The van der Waals surface area contributed by atoms with Gasteiger partial charge in [-0.2, -0.15) is 0 Å². The van der Waals surface area contributed by atoms with Gasteiger partial charge in [0.25, 0.3) is 0 Å². The fourth-order valence-corrected chi connectivity index (χ4v) is 1.71. The summed E-state index contributed by atoms with van der Waals surface area (Å²) in [5.74, 6) is 0.705. The maximum absolute atomic E-state index is 11.7. The third-order valence-corrected chi connectivity index (χ3v) is 3.15. The smallest absolute Gasteiger partial charge is 0.240 e. The van der Waals surface area contributed by atoms with Crippen LogP contribution in [0.15, 0.2) is 24.3 Å². The lowest BCUT2D eigenvalue weighted by Gasteiger charge is -2.11. The monoisotopic (exact) mass is 264 g/mol. The lowest BCUT2D eigenvalue weighted by Crippen LogP contribution is -2.42. The van der Waals surface area contributed by atoms with Crippen molar-refractivity contribution >= 4 is 5.91 Å². The van der Waals surface area contributed by atoms with Crippen LogP contribution in [0, 0.1) is 0 Å². The molecule has 104 valence electrons. The van der Waals surface area contributed by atoms with Crippen LogP contribution in [0.1, 0.15) is 18.4 Å². The number of ether oxygens (including phenoxy) is 2. The van der Waals surface area contributed by atoms with Crippen molar-refractivity contribution in [1.29, 1.82) is 0 Å². The number of methoxy groups -OCH3 is 1. The largest absolute Gasteiger partial charge is 0.491 e. The Hall–Kier alpha value is -1.59. The van der Waals surface area contributed by atoms with Gasteiger partial charge in [0.1, 0.15) is 12.4 Å². The van der Waals surface area contributed by atoms with E-state index in [1.165, 1.54) is 0 Å². The summed E-state index contributed by atoms with van der Waals surface area (Å²) in [5.41, 5.74) is 6.19. The van der Waals surface area contributed by atoms with E-state index in [0.717, 1.165) is 24.2 Å². The Morgan fingerprint density at radius 2 is 2.21 bits per heavy atom. The van der Waals surface area contributed by atoms with Crippen molar-refractivity contribution in [1.82, 2.24) is 5.32 Å². The lowest BCUT2D eigenvalue weighted by atomic mass is 10.2. The molecule has 0 saturated heterocycles. The van der Waals surface area contributed by atoms with E-state index in [1.807, 2.05) is 24.3 Å². The van der Waals surface area contributed by atoms with Crippen molar-refractivity contribution in [2.45, 2.75) is 24.9 Å². The van der Waals surface area contributed by atoms with E-state index in [2.05, 4.69) is 5.32 Å². The Balaban J connectivity index is 1.83. The first-order valence-electron chi connectivity index (χ1n) is 6.42. The van der Waals surface area contributed by atoms with Gasteiger partial charge >= 0.3 is 0 Å². The summed E-state index contributed by atoms with van der Waals surface area (Å²) in [6.45, 7) is 1.54. The molecular weight excluding hydrogens is 244 g/mol. The van der Waals surface area contributed by atoms with E-state index in [9.17, 15) is 4.79 Å². The summed E-state index contributed by atoms with van der Waals surface area (Å²) in [6.07, 6.45) is 1.55. The molecule has 0 unspecified atom stereocenters. The lowest BCUT2D eigenvalue weighted by molar-refractivity contribution is -0.123. The first-order chi connectivity index (χ1) is 9.14. The number of hydrogen-bond acceptors (Lipinski definition) is 4. The first kappa shape index (κ1) is 13.8. The van der Waals surface area contributed by atoms with Crippen molar-refractivity contribution in [2.24, 2.45) is 5.73 Å². The van der Waals surface area contributed by atoms with Crippen molar-refractivity contribution in [3.05, 3.63) is 29.8 Å². The Kier molecular flexibility index (Phi) is 4.39. The second kappa shape index (κ2) is 6.04. The molecular formula is C14H20N2O3. The molecule has 0 atom stereocenters. The SMILES string of the molecule is COCCOc1cccc(CNC(=O)C2(N)CC2)c1. The summed E-state index contributed by atoms with van der Waals surface area (Å²) >= 11 is 0. The van der Waals surface area contributed by atoms with Crippen LogP contribution >= 0.6 is 0 Å². The highest BCUT2D eigenvalue weighted by atomic mass is 16.5. The highest BCUT2D eigenvalue weighted by Gasteiger charge is 2.45. The van der Waals surface area contributed by atoms with Gasteiger partial charge in [0.05, 0.1) is 12.1 Å². The minimum atomic E-state index is -0.618. The second-order valence-electron chi connectivity index (χ2n) is 4.83. The first-order valence-corrected chi connectivity index (χ1v) is 6.42. The van der Waals surface area contributed by atoms with Crippen molar-refractivity contribution in [3.8, 4) is 5.75 Å². The molecule has 1 aromatic carbocycles. The van der Waals surface area contributed by atoms with Gasteiger partial charge in [0.2, 0.25) is 5.91 Å². The van der Waals surface area contributed by atoms with Gasteiger partial charge in [-0.15, -0.1) is 0 Å².